The van der Waals surface area contributed by atoms with Crippen molar-refractivity contribution in [2.75, 3.05) is 0 Å². The second kappa shape index (κ2) is 8.25. The highest BCUT2D eigenvalue weighted by Gasteiger charge is 2.06. The Balaban J connectivity index is 0.000000366. The molecule has 1 rings (SSSR count). The Kier molecular flexibility index (Phi) is 7.83. The molecule has 98 valence electrons. The third-order valence-corrected chi connectivity index (χ3v) is 3.14. The van der Waals surface area contributed by atoms with Gasteiger partial charge in [-0.2, -0.15) is 8.42 Å². The highest BCUT2D eigenvalue weighted by Crippen LogP contribution is 2.08. The number of unbranched alkanes of at least 4 members (excludes halogenated alkanes) is 3. The van der Waals surface area contributed by atoms with Crippen molar-refractivity contribution in [3.05, 3.63) is 29.8 Å². The molecule has 0 radical (unpaired) electrons. The molecule has 0 aromatic heterocycles. The van der Waals surface area contributed by atoms with Gasteiger partial charge in [0.05, 0.1) is 4.90 Å². The van der Waals surface area contributed by atoms with Crippen molar-refractivity contribution in [2.45, 2.75) is 51.3 Å². The molecule has 0 aliphatic carbocycles. The molecule has 1 N–H and O–H groups in total. The molecule has 0 aliphatic heterocycles. The zero-order valence-electron chi connectivity index (χ0n) is 10.8. The fraction of sp³-hybridized carbons (Fsp3) is 0.538. The van der Waals surface area contributed by atoms with Crippen LogP contribution in [0.5, 0.6) is 0 Å². The fourth-order valence-corrected chi connectivity index (χ4v) is 1.69. The molecule has 0 bridgehead atoms. The van der Waals surface area contributed by atoms with Crippen LogP contribution in [0.15, 0.2) is 29.2 Å². The first kappa shape index (κ1) is 16.1. The molecule has 0 unspecified atom stereocenters. The number of hydrogen-bond acceptors (Lipinski definition) is 2. The SMILES string of the molecule is CCCCCC.Cc1ccc(S(=O)(=O)O)cc1. The van der Waals surface area contributed by atoms with Crippen LogP contribution in [0.25, 0.3) is 0 Å². The summed E-state index contributed by atoms with van der Waals surface area (Å²) in [6.07, 6.45) is 5.54. The maximum atomic E-state index is 10.5. The van der Waals surface area contributed by atoms with Gasteiger partial charge in [-0.05, 0) is 19.1 Å². The van der Waals surface area contributed by atoms with Gasteiger partial charge in [0.25, 0.3) is 10.1 Å². The summed E-state index contributed by atoms with van der Waals surface area (Å²) >= 11 is 0. The van der Waals surface area contributed by atoms with Gasteiger partial charge in [0.15, 0.2) is 0 Å². The minimum Gasteiger partial charge on any atom is -0.282 e. The first-order valence-electron chi connectivity index (χ1n) is 5.96. The van der Waals surface area contributed by atoms with Crippen LogP contribution in [0.1, 0.15) is 45.1 Å². The summed E-state index contributed by atoms with van der Waals surface area (Å²) in [5.74, 6) is 0. The van der Waals surface area contributed by atoms with Gasteiger partial charge in [0.1, 0.15) is 0 Å². The molecule has 0 amide bonds. The Morgan fingerprint density at radius 1 is 1.00 bits per heavy atom. The van der Waals surface area contributed by atoms with Crippen molar-refractivity contribution in [1.82, 2.24) is 0 Å². The minimum atomic E-state index is -4.02. The van der Waals surface area contributed by atoms with Crippen molar-refractivity contribution in [3.63, 3.8) is 0 Å². The lowest BCUT2D eigenvalue weighted by atomic mass is 10.2. The van der Waals surface area contributed by atoms with Crippen molar-refractivity contribution in [1.29, 1.82) is 0 Å². The number of hydrogen-bond donors (Lipinski definition) is 1. The van der Waals surface area contributed by atoms with E-state index in [-0.39, 0.29) is 4.90 Å². The van der Waals surface area contributed by atoms with Crippen LogP contribution < -0.4 is 0 Å². The van der Waals surface area contributed by atoms with Gasteiger partial charge < -0.3 is 0 Å². The van der Waals surface area contributed by atoms with E-state index in [0.29, 0.717) is 0 Å². The molecule has 3 nitrogen and oxygen atoms in total. The summed E-state index contributed by atoms with van der Waals surface area (Å²) in [6.45, 7) is 6.30. The minimum absolute atomic E-state index is 0.0666. The van der Waals surface area contributed by atoms with E-state index in [1.165, 1.54) is 37.8 Å². The highest BCUT2D eigenvalue weighted by atomic mass is 32.2. The van der Waals surface area contributed by atoms with Crippen LogP contribution in [-0.4, -0.2) is 13.0 Å². The van der Waals surface area contributed by atoms with E-state index in [0.717, 1.165) is 5.56 Å². The van der Waals surface area contributed by atoms with Crippen LogP contribution in [0.4, 0.5) is 0 Å². The summed E-state index contributed by atoms with van der Waals surface area (Å²) in [5.41, 5.74) is 0.956. The highest BCUT2D eigenvalue weighted by molar-refractivity contribution is 7.85. The van der Waals surface area contributed by atoms with E-state index in [4.69, 9.17) is 4.55 Å². The molecular formula is C13H22O3S. The van der Waals surface area contributed by atoms with Crippen LogP contribution in [0.3, 0.4) is 0 Å². The molecule has 0 saturated heterocycles. The number of rotatable bonds is 4. The molecule has 0 fully saturated rings. The van der Waals surface area contributed by atoms with Gasteiger partial charge in [0.2, 0.25) is 0 Å². The zero-order valence-corrected chi connectivity index (χ0v) is 11.6. The normalized spacial score (nSPS) is 10.6. The topological polar surface area (TPSA) is 54.4 Å². The Morgan fingerprint density at radius 2 is 1.41 bits per heavy atom. The maximum Gasteiger partial charge on any atom is 0.294 e. The predicted octanol–water partition coefficient (Wildman–Crippen LogP) is 3.83. The summed E-state index contributed by atoms with van der Waals surface area (Å²) in [4.78, 5) is -0.0666. The molecule has 1 aromatic rings. The van der Waals surface area contributed by atoms with Crippen molar-refractivity contribution in [3.8, 4) is 0 Å². The Bertz CT molecular complexity index is 389. The zero-order chi connectivity index (χ0) is 13.3. The third-order valence-electron chi connectivity index (χ3n) is 2.28. The molecule has 0 atom stereocenters. The summed E-state index contributed by atoms with van der Waals surface area (Å²) in [7, 11) is -4.02. The average molecular weight is 258 g/mol. The van der Waals surface area contributed by atoms with Crippen LogP contribution in [0.2, 0.25) is 0 Å². The molecule has 0 spiro atoms. The molecule has 4 heteroatoms. The van der Waals surface area contributed by atoms with Gasteiger partial charge in [-0.3, -0.25) is 4.55 Å². The largest absolute Gasteiger partial charge is 0.294 e. The summed E-state index contributed by atoms with van der Waals surface area (Å²) < 4.78 is 29.6. The number of aryl methyl sites for hydroxylation is 1. The standard InChI is InChI=1S/C7H8O3S.C6H14/c1-6-2-4-7(5-3-6)11(8,9)10;1-3-5-6-4-2/h2-5H,1H3,(H,8,9,10);3-6H2,1-2H3. The first-order valence-corrected chi connectivity index (χ1v) is 7.40. The second-order valence-electron chi connectivity index (χ2n) is 4.00. The van der Waals surface area contributed by atoms with Gasteiger partial charge in [-0.25, -0.2) is 0 Å². The molecule has 1 aromatic carbocycles. The monoisotopic (exact) mass is 258 g/mol. The molecule has 17 heavy (non-hydrogen) atoms. The smallest absolute Gasteiger partial charge is 0.282 e. The number of benzene rings is 1. The lowest BCUT2D eigenvalue weighted by molar-refractivity contribution is 0.483. The Morgan fingerprint density at radius 3 is 1.71 bits per heavy atom. The first-order chi connectivity index (χ1) is 7.91. The second-order valence-corrected chi connectivity index (χ2v) is 5.42. The van der Waals surface area contributed by atoms with Gasteiger partial charge >= 0.3 is 0 Å². The summed E-state index contributed by atoms with van der Waals surface area (Å²) in [5, 5.41) is 0. The van der Waals surface area contributed by atoms with E-state index < -0.39 is 10.1 Å². The third kappa shape index (κ3) is 7.94. The van der Waals surface area contributed by atoms with E-state index in [2.05, 4.69) is 13.8 Å². The van der Waals surface area contributed by atoms with Crippen molar-refractivity contribution >= 4 is 10.1 Å². The van der Waals surface area contributed by atoms with Gasteiger partial charge in [0, 0.05) is 0 Å². The molecule has 0 aliphatic rings. The van der Waals surface area contributed by atoms with Gasteiger partial charge in [-0.15, -0.1) is 0 Å². The lowest BCUT2D eigenvalue weighted by Gasteiger charge is -1.95. The fourth-order valence-electron chi connectivity index (χ4n) is 1.21. The van der Waals surface area contributed by atoms with E-state index in [1.54, 1.807) is 12.1 Å². The lowest BCUT2D eigenvalue weighted by Crippen LogP contribution is -1.96. The Hall–Kier alpha value is -0.870. The quantitative estimate of drug-likeness (QED) is 0.659. The van der Waals surface area contributed by atoms with Crippen LogP contribution >= 0.6 is 0 Å². The van der Waals surface area contributed by atoms with Gasteiger partial charge in [-0.1, -0.05) is 57.2 Å². The molecule has 0 heterocycles. The maximum absolute atomic E-state index is 10.5. The Labute approximate surface area is 105 Å². The van der Waals surface area contributed by atoms with E-state index in [9.17, 15) is 8.42 Å². The van der Waals surface area contributed by atoms with Crippen LogP contribution in [-0.2, 0) is 10.1 Å². The van der Waals surface area contributed by atoms with Crippen LogP contribution in [0, 0.1) is 6.92 Å². The van der Waals surface area contributed by atoms with Crippen molar-refractivity contribution in [2.24, 2.45) is 0 Å². The predicted molar refractivity (Wildman–Crippen MR) is 70.8 cm³/mol. The summed E-state index contributed by atoms with van der Waals surface area (Å²) in [6, 6.07) is 5.99. The molecular weight excluding hydrogens is 236 g/mol. The van der Waals surface area contributed by atoms with E-state index >= 15 is 0 Å². The molecule has 0 saturated carbocycles. The van der Waals surface area contributed by atoms with E-state index in [1.807, 2.05) is 6.92 Å². The van der Waals surface area contributed by atoms with Crippen molar-refractivity contribution < 1.29 is 13.0 Å². The average Bonchev–Trinajstić information content (AvgIpc) is 2.26.